The summed E-state index contributed by atoms with van der Waals surface area (Å²) in [5.74, 6) is 1.85. The number of carbonyl (C=O) groups is 1. The molecule has 3 saturated heterocycles. The van der Waals surface area contributed by atoms with Gasteiger partial charge in [0.15, 0.2) is 0 Å². The second kappa shape index (κ2) is 10.2. The second-order valence-electron chi connectivity index (χ2n) is 10.3. The van der Waals surface area contributed by atoms with E-state index in [2.05, 4.69) is 53.0 Å². The number of methoxy groups -OCH3 is 1. The number of nitrogens with one attached hydrogen (secondary N) is 1. The summed E-state index contributed by atoms with van der Waals surface area (Å²) in [5.41, 5.74) is 4.56. The molecule has 3 aliphatic rings. The summed E-state index contributed by atoms with van der Waals surface area (Å²) in [7, 11) is 1.73. The van der Waals surface area contributed by atoms with Crippen LogP contribution in [0.3, 0.4) is 0 Å². The van der Waals surface area contributed by atoms with Crippen LogP contribution >= 0.6 is 0 Å². The predicted octanol–water partition coefficient (Wildman–Crippen LogP) is 4.03. The number of fused-ring (bicyclic) bond motifs is 2. The lowest BCUT2D eigenvalue weighted by Gasteiger charge is -2.43. The van der Waals surface area contributed by atoms with Crippen molar-refractivity contribution in [2.45, 2.75) is 70.6 Å². The Hall–Kier alpha value is -2.64. The SMILES string of the molecule is COc1ccc(C(C)N2C3CCC2CC(NC(=O)c2ccc(N4CCOCC4)nc2)C3)c(C)c1C. The average Bonchev–Trinajstić information content (AvgIpc) is 3.16. The maximum Gasteiger partial charge on any atom is 0.253 e. The Morgan fingerprint density at radius 1 is 1.09 bits per heavy atom. The standard InChI is InChI=1S/C28H38N4O3/c1-18-19(2)26(34-4)9-8-25(18)20(3)32-23-6-7-24(32)16-22(15-23)30-28(33)21-5-10-27(29-17-21)31-11-13-35-14-12-31/h5,8-10,17,20,22-24H,6-7,11-16H2,1-4H3,(H,30,33). The van der Waals surface area contributed by atoms with Crippen LogP contribution in [0.5, 0.6) is 5.75 Å². The number of piperidine rings is 1. The zero-order chi connectivity index (χ0) is 24.5. The van der Waals surface area contributed by atoms with Gasteiger partial charge in [-0.05, 0) is 81.3 Å². The third-order valence-corrected chi connectivity index (χ3v) is 8.37. The first-order chi connectivity index (χ1) is 17.0. The van der Waals surface area contributed by atoms with Crippen molar-refractivity contribution in [1.82, 2.24) is 15.2 Å². The number of hydrogen-bond acceptors (Lipinski definition) is 6. The van der Waals surface area contributed by atoms with Gasteiger partial charge in [0, 0.05) is 43.5 Å². The van der Waals surface area contributed by atoms with E-state index in [0.717, 1.165) is 50.7 Å². The molecule has 4 heterocycles. The minimum atomic E-state index is -0.0152. The number of anilines is 1. The number of amides is 1. The molecule has 1 N–H and O–H groups in total. The number of pyridine rings is 1. The van der Waals surface area contributed by atoms with Crippen molar-refractivity contribution in [2.24, 2.45) is 0 Å². The summed E-state index contributed by atoms with van der Waals surface area (Å²) in [4.78, 5) is 22.5. The van der Waals surface area contributed by atoms with E-state index in [1.54, 1.807) is 13.3 Å². The van der Waals surface area contributed by atoms with Gasteiger partial charge in [-0.25, -0.2) is 4.98 Å². The van der Waals surface area contributed by atoms with E-state index in [4.69, 9.17) is 9.47 Å². The maximum atomic E-state index is 13.0. The van der Waals surface area contributed by atoms with E-state index in [1.807, 2.05) is 12.1 Å². The number of carbonyl (C=O) groups excluding carboxylic acids is 1. The molecular formula is C28H38N4O3. The lowest BCUT2D eigenvalue weighted by atomic mass is 9.91. The Kier molecular flexibility index (Phi) is 6.98. The number of aromatic nitrogens is 1. The van der Waals surface area contributed by atoms with Gasteiger partial charge in [-0.1, -0.05) is 6.07 Å². The molecular weight excluding hydrogens is 440 g/mol. The predicted molar refractivity (Wildman–Crippen MR) is 137 cm³/mol. The van der Waals surface area contributed by atoms with Crippen molar-refractivity contribution < 1.29 is 14.3 Å². The largest absolute Gasteiger partial charge is 0.496 e. The fraction of sp³-hybridized carbons (Fsp3) is 0.571. The molecule has 1 aromatic carbocycles. The Morgan fingerprint density at radius 2 is 1.80 bits per heavy atom. The van der Waals surface area contributed by atoms with Crippen molar-refractivity contribution in [3.05, 3.63) is 52.7 Å². The molecule has 5 rings (SSSR count). The zero-order valence-electron chi connectivity index (χ0n) is 21.4. The quantitative estimate of drug-likeness (QED) is 0.676. The minimum absolute atomic E-state index is 0.0152. The van der Waals surface area contributed by atoms with Crippen LogP contribution in [-0.2, 0) is 4.74 Å². The smallest absolute Gasteiger partial charge is 0.253 e. The van der Waals surface area contributed by atoms with Crippen LogP contribution in [0.1, 0.15) is 65.7 Å². The molecule has 0 radical (unpaired) electrons. The summed E-state index contributed by atoms with van der Waals surface area (Å²) in [5, 5.41) is 3.31. The zero-order valence-corrected chi connectivity index (χ0v) is 21.4. The van der Waals surface area contributed by atoms with E-state index in [1.165, 1.54) is 29.5 Å². The van der Waals surface area contributed by atoms with Gasteiger partial charge >= 0.3 is 0 Å². The van der Waals surface area contributed by atoms with Crippen molar-refractivity contribution >= 4 is 11.7 Å². The Balaban J connectivity index is 1.22. The van der Waals surface area contributed by atoms with Gasteiger partial charge in [0.25, 0.3) is 5.91 Å². The maximum absolute atomic E-state index is 13.0. The number of nitrogens with zero attached hydrogens (tertiary/aromatic N) is 3. The van der Waals surface area contributed by atoms with Crippen LogP contribution in [-0.4, -0.2) is 67.3 Å². The number of hydrogen-bond donors (Lipinski definition) is 1. The number of ether oxygens (including phenoxy) is 2. The molecule has 7 nitrogen and oxygen atoms in total. The van der Waals surface area contributed by atoms with Gasteiger partial charge in [-0.2, -0.15) is 0 Å². The summed E-state index contributed by atoms with van der Waals surface area (Å²) in [6.07, 6.45) is 6.11. The van der Waals surface area contributed by atoms with Crippen molar-refractivity contribution in [1.29, 1.82) is 0 Å². The highest BCUT2D eigenvalue weighted by Crippen LogP contribution is 2.43. The van der Waals surface area contributed by atoms with Crippen molar-refractivity contribution in [2.75, 3.05) is 38.3 Å². The van der Waals surface area contributed by atoms with Gasteiger partial charge < -0.3 is 19.7 Å². The molecule has 0 aliphatic carbocycles. The summed E-state index contributed by atoms with van der Waals surface area (Å²) >= 11 is 0. The number of benzene rings is 1. The minimum Gasteiger partial charge on any atom is -0.496 e. The molecule has 0 spiro atoms. The van der Waals surface area contributed by atoms with Gasteiger partial charge in [0.2, 0.25) is 0 Å². The van der Waals surface area contributed by atoms with Gasteiger partial charge in [0.05, 0.1) is 25.9 Å². The highest BCUT2D eigenvalue weighted by atomic mass is 16.5. The van der Waals surface area contributed by atoms with Crippen LogP contribution in [0, 0.1) is 13.8 Å². The second-order valence-corrected chi connectivity index (χ2v) is 10.3. The molecule has 1 aromatic heterocycles. The lowest BCUT2D eigenvalue weighted by Crippen LogP contribution is -2.51. The average molecular weight is 479 g/mol. The third-order valence-electron chi connectivity index (χ3n) is 8.37. The molecule has 188 valence electrons. The summed E-state index contributed by atoms with van der Waals surface area (Å²) in [6.45, 7) is 9.81. The highest BCUT2D eigenvalue weighted by molar-refractivity contribution is 5.94. The van der Waals surface area contributed by atoms with E-state index < -0.39 is 0 Å². The van der Waals surface area contributed by atoms with Crippen LogP contribution in [0.2, 0.25) is 0 Å². The Morgan fingerprint density at radius 3 is 2.43 bits per heavy atom. The van der Waals surface area contributed by atoms with Crippen LogP contribution in [0.25, 0.3) is 0 Å². The summed E-state index contributed by atoms with van der Waals surface area (Å²) < 4.78 is 10.9. The van der Waals surface area contributed by atoms with Crippen LogP contribution in [0.15, 0.2) is 30.5 Å². The highest BCUT2D eigenvalue weighted by Gasteiger charge is 2.43. The molecule has 3 fully saturated rings. The van der Waals surface area contributed by atoms with Gasteiger partial charge in [-0.15, -0.1) is 0 Å². The molecule has 1 amide bonds. The number of morpholine rings is 1. The van der Waals surface area contributed by atoms with Crippen LogP contribution < -0.4 is 15.0 Å². The molecule has 2 aromatic rings. The number of rotatable bonds is 6. The molecule has 3 atom stereocenters. The first-order valence-electron chi connectivity index (χ1n) is 13.0. The molecule has 35 heavy (non-hydrogen) atoms. The fourth-order valence-electron chi connectivity index (χ4n) is 6.38. The summed E-state index contributed by atoms with van der Waals surface area (Å²) in [6, 6.07) is 9.73. The fourth-order valence-corrected chi connectivity index (χ4v) is 6.38. The van der Waals surface area contributed by atoms with Crippen LogP contribution in [0.4, 0.5) is 5.82 Å². The van der Waals surface area contributed by atoms with Crippen molar-refractivity contribution in [3.8, 4) is 5.75 Å². The third kappa shape index (κ3) is 4.76. The van der Waals surface area contributed by atoms with E-state index in [0.29, 0.717) is 23.7 Å². The first-order valence-corrected chi connectivity index (χ1v) is 13.0. The Bertz CT molecular complexity index is 1040. The van der Waals surface area contributed by atoms with Gasteiger partial charge in [-0.3, -0.25) is 9.69 Å². The molecule has 7 heteroatoms. The molecule has 2 bridgehead atoms. The molecule has 3 unspecified atom stereocenters. The van der Waals surface area contributed by atoms with E-state index in [9.17, 15) is 4.79 Å². The first kappa shape index (κ1) is 24.1. The van der Waals surface area contributed by atoms with Crippen molar-refractivity contribution in [3.63, 3.8) is 0 Å². The monoisotopic (exact) mass is 478 g/mol. The lowest BCUT2D eigenvalue weighted by molar-refractivity contribution is 0.0689. The van der Waals surface area contributed by atoms with E-state index in [-0.39, 0.29) is 11.9 Å². The normalized spacial score (nSPS) is 25.4. The van der Waals surface area contributed by atoms with Gasteiger partial charge in [0.1, 0.15) is 11.6 Å². The molecule has 3 aliphatic heterocycles. The topological polar surface area (TPSA) is 66.9 Å². The van der Waals surface area contributed by atoms with E-state index >= 15 is 0 Å². The molecule has 0 saturated carbocycles. The Labute approximate surface area is 208 Å².